The average molecular weight is 243 g/mol. The second-order valence-corrected chi connectivity index (χ2v) is 5.44. The number of allylic oxidation sites excluding steroid dienone is 1. The topological polar surface area (TPSA) is 12.0 Å². The normalized spacial score (nSPS) is 17.4. The number of likely N-dealkylation sites (N-methyl/N-ethyl adjacent to an activating group) is 1. The molecule has 0 fully saturated rings. The summed E-state index contributed by atoms with van der Waals surface area (Å²) in [6, 6.07) is 7.33. The van der Waals surface area contributed by atoms with Gasteiger partial charge in [-0.3, -0.25) is 0 Å². The van der Waals surface area contributed by atoms with Gasteiger partial charge in [0.15, 0.2) is 0 Å². The molecule has 2 rings (SSSR count). The highest BCUT2D eigenvalue weighted by molar-refractivity contribution is 5.35. The van der Waals surface area contributed by atoms with Crippen molar-refractivity contribution in [3.8, 4) is 0 Å². The van der Waals surface area contributed by atoms with Crippen molar-refractivity contribution in [2.24, 2.45) is 0 Å². The van der Waals surface area contributed by atoms with Crippen LogP contribution in [-0.2, 0) is 0 Å². The lowest BCUT2D eigenvalue weighted by molar-refractivity contribution is 0.563. The average Bonchev–Trinajstić information content (AvgIpc) is 2.36. The molecule has 1 aliphatic rings. The molecule has 1 nitrogen and oxygen atoms in total. The molecule has 18 heavy (non-hydrogen) atoms. The minimum Gasteiger partial charge on any atom is -0.307 e. The second-order valence-electron chi connectivity index (χ2n) is 5.44. The maximum absolute atomic E-state index is 3.65. The maximum Gasteiger partial charge on any atom is 0.0536 e. The van der Waals surface area contributed by atoms with Crippen molar-refractivity contribution in [1.82, 2.24) is 5.32 Å². The summed E-state index contributed by atoms with van der Waals surface area (Å²) in [5.74, 6) is 0. The van der Waals surface area contributed by atoms with E-state index >= 15 is 0 Å². The van der Waals surface area contributed by atoms with Crippen LogP contribution in [0.3, 0.4) is 0 Å². The van der Waals surface area contributed by atoms with E-state index in [4.69, 9.17) is 0 Å². The third-order valence-corrected chi connectivity index (χ3v) is 3.68. The Morgan fingerprint density at radius 3 is 2.39 bits per heavy atom. The number of hydrogen-bond donors (Lipinski definition) is 1. The Morgan fingerprint density at radius 2 is 1.83 bits per heavy atom. The van der Waals surface area contributed by atoms with Crippen molar-refractivity contribution in [1.29, 1.82) is 0 Å². The quantitative estimate of drug-likeness (QED) is 0.770. The summed E-state index contributed by atoms with van der Waals surface area (Å²) in [5, 5.41) is 3.65. The molecule has 1 heteroatoms. The zero-order valence-corrected chi connectivity index (χ0v) is 11.9. The first-order chi connectivity index (χ1) is 8.70. The fourth-order valence-corrected chi connectivity index (χ4v) is 2.97. The number of hydrogen-bond acceptors (Lipinski definition) is 1. The highest BCUT2D eigenvalue weighted by Crippen LogP contribution is 2.30. The smallest absolute Gasteiger partial charge is 0.0536 e. The maximum atomic E-state index is 3.65. The first-order valence-corrected chi connectivity index (χ1v) is 7.21. The molecule has 0 saturated heterocycles. The molecule has 0 heterocycles. The molecule has 1 N–H and O–H groups in total. The van der Waals surface area contributed by atoms with Crippen molar-refractivity contribution in [3.05, 3.63) is 46.5 Å². The zero-order chi connectivity index (χ0) is 13.0. The van der Waals surface area contributed by atoms with E-state index < -0.39 is 0 Å². The lowest BCUT2D eigenvalue weighted by Crippen LogP contribution is -2.23. The predicted octanol–water partition coefficient (Wildman–Crippen LogP) is 4.45. The van der Waals surface area contributed by atoms with E-state index in [0.717, 1.165) is 6.54 Å². The lowest BCUT2D eigenvalue weighted by Gasteiger charge is -2.25. The number of rotatable bonds is 4. The summed E-state index contributed by atoms with van der Waals surface area (Å²) in [6.45, 7) is 7.59. The molecule has 1 aromatic rings. The monoisotopic (exact) mass is 243 g/mol. The minimum absolute atomic E-state index is 0.425. The minimum atomic E-state index is 0.425. The molecule has 1 aromatic carbocycles. The molecule has 0 aliphatic heterocycles. The standard InChI is InChI=1S/C17H25N/c1-4-18-17(15-8-6-5-7-9-15)16-11-13(2)10-14(3)12-16/h8,10-12,17-18H,4-7,9H2,1-3H3. The Morgan fingerprint density at radius 1 is 1.11 bits per heavy atom. The van der Waals surface area contributed by atoms with E-state index in [2.05, 4.69) is 50.4 Å². The van der Waals surface area contributed by atoms with Crippen LogP contribution in [0.4, 0.5) is 0 Å². The van der Waals surface area contributed by atoms with Crippen molar-refractivity contribution < 1.29 is 0 Å². The van der Waals surface area contributed by atoms with Crippen molar-refractivity contribution in [3.63, 3.8) is 0 Å². The SMILES string of the molecule is CCNC(C1=CCCCC1)c1cc(C)cc(C)c1. The fourth-order valence-electron chi connectivity index (χ4n) is 2.97. The van der Waals surface area contributed by atoms with Gasteiger partial charge in [0.1, 0.15) is 0 Å². The lowest BCUT2D eigenvalue weighted by atomic mass is 9.88. The molecule has 98 valence electrons. The Balaban J connectivity index is 2.31. The Labute approximate surface area is 111 Å². The van der Waals surface area contributed by atoms with Crippen molar-refractivity contribution >= 4 is 0 Å². The van der Waals surface area contributed by atoms with Gasteiger partial charge in [-0.15, -0.1) is 0 Å². The van der Waals surface area contributed by atoms with E-state index in [9.17, 15) is 0 Å². The van der Waals surface area contributed by atoms with Gasteiger partial charge < -0.3 is 5.32 Å². The summed E-state index contributed by atoms with van der Waals surface area (Å²) < 4.78 is 0. The van der Waals surface area contributed by atoms with Gasteiger partial charge in [-0.25, -0.2) is 0 Å². The largest absolute Gasteiger partial charge is 0.307 e. The van der Waals surface area contributed by atoms with Gasteiger partial charge in [0.05, 0.1) is 6.04 Å². The van der Waals surface area contributed by atoms with Crippen LogP contribution in [0, 0.1) is 13.8 Å². The first-order valence-electron chi connectivity index (χ1n) is 7.21. The predicted molar refractivity (Wildman–Crippen MR) is 78.9 cm³/mol. The van der Waals surface area contributed by atoms with E-state index in [-0.39, 0.29) is 0 Å². The first kappa shape index (κ1) is 13.4. The number of aryl methyl sites for hydroxylation is 2. The highest BCUT2D eigenvalue weighted by atomic mass is 14.9. The van der Waals surface area contributed by atoms with Gasteiger partial charge in [-0.05, 0) is 51.6 Å². The molecule has 1 atom stereocenters. The molecule has 0 aromatic heterocycles. The summed E-state index contributed by atoms with van der Waals surface area (Å²) >= 11 is 0. The van der Waals surface area contributed by atoms with Crippen LogP contribution in [0.2, 0.25) is 0 Å². The third-order valence-electron chi connectivity index (χ3n) is 3.68. The highest BCUT2D eigenvalue weighted by Gasteiger charge is 2.17. The molecule has 1 unspecified atom stereocenters. The summed E-state index contributed by atoms with van der Waals surface area (Å²) in [4.78, 5) is 0. The van der Waals surface area contributed by atoms with Gasteiger partial charge in [-0.1, -0.05) is 47.9 Å². The van der Waals surface area contributed by atoms with Crippen LogP contribution in [0.25, 0.3) is 0 Å². The fraction of sp³-hybridized carbons (Fsp3) is 0.529. The van der Waals surface area contributed by atoms with Gasteiger partial charge in [0, 0.05) is 0 Å². The molecule has 0 radical (unpaired) electrons. The second kappa shape index (κ2) is 6.19. The van der Waals surface area contributed by atoms with Gasteiger partial charge in [-0.2, -0.15) is 0 Å². The molecule has 0 bridgehead atoms. The Kier molecular flexibility index (Phi) is 4.60. The molecule has 0 amide bonds. The molecule has 1 aliphatic carbocycles. The van der Waals surface area contributed by atoms with E-state index in [1.165, 1.54) is 42.4 Å². The van der Waals surface area contributed by atoms with Crippen LogP contribution in [0.1, 0.15) is 55.3 Å². The van der Waals surface area contributed by atoms with Crippen molar-refractivity contribution in [2.45, 2.75) is 52.5 Å². The summed E-state index contributed by atoms with van der Waals surface area (Å²) in [7, 11) is 0. The van der Waals surface area contributed by atoms with Gasteiger partial charge in [0.25, 0.3) is 0 Å². The van der Waals surface area contributed by atoms with Crippen LogP contribution >= 0.6 is 0 Å². The third kappa shape index (κ3) is 3.23. The van der Waals surface area contributed by atoms with Crippen LogP contribution in [0.15, 0.2) is 29.8 Å². The van der Waals surface area contributed by atoms with Gasteiger partial charge >= 0.3 is 0 Å². The molecule has 0 saturated carbocycles. The number of benzene rings is 1. The summed E-state index contributed by atoms with van der Waals surface area (Å²) in [5.41, 5.74) is 5.75. The molecular formula is C17H25N. The number of nitrogens with one attached hydrogen (secondary N) is 1. The van der Waals surface area contributed by atoms with Crippen LogP contribution in [-0.4, -0.2) is 6.54 Å². The van der Waals surface area contributed by atoms with Crippen molar-refractivity contribution in [2.75, 3.05) is 6.54 Å². The van der Waals surface area contributed by atoms with Crippen LogP contribution in [0.5, 0.6) is 0 Å². The Hall–Kier alpha value is -1.08. The van der Waals surface area contributed by atoms with E-state index in [1.54, 1.807) is 5.57 Å². The molecular weight excluding hydrogens is 218 g/mol. The van der Waals surface area contributed by atoms with Gasteiger partial charge in [0.2, 0.25) is 0 Å². The Bertz CT molecular complexity index is 411. The van der Waals surface area contributed by atoms with E-state index in [0.29, 0.717) is 6.04 Å². The van der Waals surface area contributed by atoms with E-state index in [1.807, 2.05) is 0 Å². The zero-order valence-electron chi connectivity index (χ0n) is 11.9. The summed E-state index contributed by atoms with van der Waals surface area (Å²) in [6.07, 6.45) is 7.66. The molecule has 0 spiro atoms. The van der Waals surface area contributed by atoms with Crippen LogP contribution < -0.4 is 5.32 Å².